The number of likely N-dealkylation sites (N-methyl/N-ethyl adjacent to an activating group) is 1. The number of aromatic nitrogens is 4. The molecule has 13 nitrogen and oxygen atoms in total. The molecule has 2 aromatic carbocycles. The first-order chi connectivity index (χ1) is 24.8. The van der Waals surface area contributed by atoms with Crippen molar-refractivity contribution in [3.05, 3.63) is 76.5 Å². The van der Waals surface area contributed by atoms with Crippen LogP contribution in [0.3, 0.4) is 0 Å². The molecule has 2 saturated heterocycles. The topological polar surface area (TPSA) is 141 Å². The van der Waals surface area contributed by atoms with Crippen molar-refractivity contribution >= 4 is 35.0 Å². The maximum absolute atomic E-state index is 15.5. The molecular weight excluding hydrogens is 696 g/mol. The van der Waals surface area contributed by atoms with Crippen LogP contribution in [-0.2, 0) is 23.1 Å². The molecule has 6 rings (SSSR count). The molecule has 2 fully saturated rings. The highest BCUT2D eigenvalue weighted by atomic mass is 35.5. The number of benzene rings is 2. The molecule has 0 saturated carbocycles. The van der Waals surface area contributed by atoms with Gasteiger partial charge in [-0.25, -0.2) is 13.8 Å². The summed E-state index contributed by atoms with van der Waals surface area (Å²) in [6.07, 6.45) is 3.85. The van der Waals surface area contributed by atoms with Gasteiger partial charge in [0.1, 0.15) is 0 Å². The number of piperazine rings is 1. The smallest absolute Gasteiger partial charge is 0.291 e. The lowest BCUT2D eigenvalue weighted by Gasteiger charge is -2.37. The molecule has 2 aliphatic rings. The quantitative estimate of drug-likeness (QED) is 0.237. The molecule has 2 atom stereocenters. The molecule has 4 heterocycles. The number of carbonyl (C=O) groups is 3. The molecule has 2 aromatic heterocycles. The molecule has 3 amide bonds. The van der Waals surface area contributed by atoms with Gasteiger partial charge in [-0.05, 0) is 31.2 Å². The lowest BCUT2D eigenvalue weighted by atomic mass is 10.0. The van der Waals surface area contributed by atoms with Crippen LogP contribution < -0.4 is 11.1 Å². The van der Waals surface area contributed by atoms with E-state index >= 15 is 8.78 Å². The maximum Gasteiger partial charge on any atom is 0.291 e. The first kappa shape index (κ1) is 37.1. The number of anilines is 1. The number of methoxy groups -OCH3 is 1. The van der Waals surface area contributed by atoms with Crippen LogP contribution in [0, 0.1) is 18.6 Å². The van der Waals surface area contributed by atoms with Crippen molar-refractivity contribution in [1.82, 2.24) is 29.1 Å². The van der Waals surface area contributed by atoms with Gasteiger partial charge in [0.2, 0.25) is 0 Å². The molecule has 16 heteroatoms. The van der Waals surface area contributed by atoms with E-state index < -0.39 is 17.5 Å². The highest BCUT2D eigenvalue weighted by molar-refractivity contribution is 6.34. The Morgan fingerprint density at radius 3 is 2.42 bits per heavy atom. The minimum Gasteiger partial charge on any atom is -0.383 e. The summed E-state index contributed by atoms with van der Waals surface area (Å²) in [5, 5.41) is 7.21. The molecule has 0 bridgehead atoms. The molecule has 0 radical (unpaired) electrons. The predicted molar refractivity (Wildman–Crippen MR) is 192 cm³/mol. The number of quaternary nitrogens is 1. The molecule has 4 aromatic rings. The molecule has 2 aliphatic heterocycles. The molecule has 52 heavy (non-hydrogen) atoms. The summed E-state index contributed by atoms with van der Waals surface area (Å²) in [6.45, 7) is 6.25. The number of hydrogen-bond donors (Lipinski definition) is 2. The summed E-state index contributed by atoms with van der Waals surface area (Å²) in [6, 6.07) is 7.59. The van der Waals surface area contributed by atoms with Crippen molar-refractivity contribution in [2.24, 2.45) is 12.8 Å². The van der Waals surface area contributed by atoms with Crippen LogP contribution >= 0.6 is 11.6 Å². The van der Waals surface area contributed by atoms with Gasteiger partial charge in [0.15, 0.2) is 24.0 Å². The number of hydrogen-bond acceptors (Lipinski definition) is 7. The van der Waals surface area contributed by atoms with Crippen LogP contribution in [0.15, 0.2) is 42.7 Å². The van der Waals surface area contributed by atoms with Gasteiger partial charge < -0.3 is 34.6 Å². The van der Waals surface area contributed by atoms with Gasteiger partial charge in [0, 0.05) is 75.3 Å². The highest BCUT2D eigenvalue weighted by Gasteiger charge is 2.37. The molecule has 3 N–H and O–H groups in total. The number of nitrogens with zero attached hydrogens (tertiary/aromatic N) is 7. The molecule has 276 valence electrons. The van der Waals surface area contributed by atoms with Crippen LogP contribution in [0.2, 0.25) is 5.02 Å². The van der Waals surface area contributed by atoms with Crippen LogP contribution in [0.4, 0.5) is 14.5 Å². The number of ether oxygens (including phenoxy) is 1. The number of imidazole rings is 1. The summed E-state index contributed by atoms with van der Waals surface area (Å²) < 4.78 is 39.7. The zero-order valence-electron chi connectivity index (χ0n) is 29.7. The van der Waals surface area contributed by atoms with E-state index in [1.165, 1.54) is 42.1 Å². The Kier molecular flexibility index (Phi) is 10.8. The standard InChI is InChI=1S/C36H42ClF2N9O4/c1-22-28(19-47(43-22)14-16-52-4)25-7-8-27(33(39)32(25)38)30-18-41-34(44(30)2)35(50)42-24-5-6-26(29(37)17-24)36(51)46-12-10-45(11-13-46)31(49)21-48(3)15-9-23(40)20-48/h5-8,17-19,23H,9-16,20-21,40H2,1-4H3/p+1/t23-,48?/m0/s1. The monoisotopic (exact) mass is 738 g/mol. The Bertz CT molecular complexity index is 2010. The predicted octanol–water partition coefficient (Wildman–Crippen LogP) is 3.55. The number of amides is 3. The Hall–Kier alpha value is -4.70. The average Bonchev–Trinajstić information content (AvgIpc) is 3.79. The Labute approximate surface area is 305 Å². The fourth-order valence-corrected chi connectivity index (χ4v) is 7.25. The fraction of sp³-hybridized carbons (Fsp3) is 0.417. The summed E-state index contributed by atoms with van der Waals surface area (Å²) >= 11 is 6.53. The van der Waals surface area contributed by atoms with Gasteiger partial charge in [0.05, 0.1) is 67.5 Å². The summed E-state index contributed by atoms with van der Waals surface area (Å²) in [5.74, 6) is -3.01. The third-order valence-corrected chi connectivity index (χ3v) is 10.2. The maximum atomic E-state index is 15.5. The van der Waals surface area contributed by atoms with Gasteiger partial charge in [-0.2, -0.15) is 5.10 Å². The van der Waals surface area contributed by atoms with Crippen molar-refractivity contribution in [2.45, 2.75) is 25.9 Å². The van der Waals surface area contributed by atoms with Gasteiger partial charge >= 0.3 is 0 Å². The molecule has 0 spiro atoms. The lowest BCUT2D eigenvalue weighted by Crippen LogP contribution is -2.55. The van der Waals surface area contributed by atoms with Crippen molar-refractivity contribution in [1.29, 1.82) is 0 Å². The van der Waals surface area contributed by atoms with E-state index in [0.29, 0.717) is 67.3 Å². The SMILES string of the molecule is COCCn1cc(-c2ccc(-c3cnc(C(=O)Nc4ccc(C(=O)N5CCN(C(=O)C[N+]6(C)CC[C@H](N)C6)CC5)c(Cl)c4)n3C)c(F)c2F)c(C)n1. The van der Waals surface area contributed by atoms with E-state index in [1.54, 1.807) is 40.8 Å². The van der Waals surface area contributed by atoms with E-state index in [-0.39, 0.29) is 51.1 Å². The number of nitrogens with one attached hydrogen (secondary N) is 1. The minimum atomic E-state index is -1.08. The third-order valence-electron chi connectivity index (χ3n) is 9.92. The van der Waals surface area contributed by atoms with E-state index in [2.05, 4.69) is 22.4 Å². The third kappa shape index (κ3) is 7.58. The summed E-state index contributed by atoms with van der Waals surface area (Å²) in [5.41, 5.74) is 7.83. The van der Waals surface area contributed by atoms with Crippen molar-refractivity contribution in [3.8, 4) is 22.4 Å². The number of nitrogens with two attached hydrogens (primary N) is 1. The van der Waals surface area contributed by atoms with E-state index in [1.807, 2.05) is 0 Å². The second kappa shape index (κ2) is 15.1. The number of carbonyl (C=O) groups excluding carboxylic acids is 3. The van der Waals surface area contributed by atoms with Crippen LogP contribution in [0.5, 0.6) is 0 Å². The van der Waals surface area contributed by atoms with E-state index in [9.17, 15) is 14.4 Å². The van der Waals surface area contributed by atoms with Gasteiger partial charge in [-0.15, -0.1) is 0 Å². The second-order valence-electron chi connectivity index (χ2n) is 13.8. The zero-order valence-corrected chi connectivity index (χ0v) is 30.4. The normalized spacial score (nSPS) is 19.0. The number of halogens is 3. The van der Waals surface area contributed by atoms with Crippen molar-refractivity contribution in [3.63, 3.8) is 0 Å². The van der Waals surface area contributed by atoms with E-state index in [4.69, 9.17) is 22.1 Å². The Balaban J connectivity index is 1.09. The zero-order chi connectivity index (χ0) is 37.3. The minimum absolute atomic E-state index is 0.0542. The summed E-state index contributed by atoms with van der Waals surface area (Å²) in [7, 11) is 5.15. The van der Waals surface area contributed by atoms with E-state index in [0.717, 1.165) is 19.5 Å². The first-order valence-electron chi connectivity index (χ1n) is 17.1. The van der Waals surface area contributed by atoms with Gasteiger partial charge in [-0.1, -0.05) is 17.7 Å². The lowest BCUT2D eigenvalue weighted by molar-refractivity contribution is -0.890. The van der Waals surface area contributed by atoms with Crippen molar-refractivity contribution < 1.29 is 32.4 Å². The highest BCUT2D eigenvalue weighted by Crippen LogP contribution is 2.33. The second-order valence-corrected chi connectivity index (χ2v) is 14.2. The molecule has 1 unspecified atom stereocenters. The fourth-order valence-electron chi connectivity index (χ4n) is 6.99. The average molecular weight is 739 g/mol. The van der Waals surface area contributed by atoms with Crippen LogP contribution in [-0.4, -0.2) is 124 Å². The van der Waals surface area contributed by atoms with Gasteiger partial charge in [0.25, 0.3) is 17.7 Å². The number of rotatable bonds is 10. The number of likely N-dealkylation sites (tertiary alicyclic amines) is 1. The first-order valence-corrected chi connectivity index (χ1v) is 17.5. The van der Waals surface area contributed by atoms with Crippen molar-refractivity contribution in [2.75, 3.05) is 71.9 Å². The summed E-state index contributed by atoms with van der Waals surface area (Å²) in [4.78, 5) is 47.2. The number of aryl methyl sites for hydroxylation is 1. The molecular formula is C36H43ClF2N9O4+. The molecule has 0 aliphatic carbocycles. The van der Waals surface area contributed by atoms with Crippen LogP contribution in [0.25, 0.3) is 22.4 Å². The van der Waals surface area contributed by atoms with Crippen LogP contribution in [0.1, 0.15) is 33.1 Å². The Morgan fingerprint density at radius 1 is 1.06 bits per heavy atom. The Morgan fingerprint density at radius 2 is 1.75 bits per heavy atom. The largest absolute Gasteiger partial charge is 0.383 e. The van der Waals surface area contributed by atoms with Gasteiger partial charge in [-0.3, -0.25) is 19.1 Å².